The number of benzene rings is 2. The Hall–Kier alpha value is -3.40. The summed E-state index contributed by atoms with van der Waals surface area (Å²) in [4.78, 5) is 39.6. The fourth-order valence-corrected chi connectivity index (χ4v) is 3.29. The molecule has 3 rings (SSSR count). The van der Waals surface area contributed by atoms with Crippen molar-refractivity contribution in [2.75, 3.05) is 23.9 Å². The van der Waals surface area contributed by atoms with E-state index in [1.54, 1.807) is 0 Å². The molecule has 30 heavy (non-hydrogen) atoms. The number of hydrogen-bond donors (Lipinski definition) is 1. The summed E-state index contributed by atoms with van der Waals surface area (Å²) in [5.41, 5.74) is 0.646. The van der Waals surface area contributed by atoms with E-state index in [0.717, 1.165) is 17.0 Å². The van der Waals surface area contributed by atoms with Gasteiger partial charge in [0.1, 0.15) is 24.2 Å². The van der Waals surface area contributed by atoms with Crippen LogP contribution in [0.2, 0.25) is 0 Å². The summed E-state index contributed by atoms with van der Waals surface area (Å²) in [5.74, 6) is -2.75. The third-order valence-electron chi connectivity index (χ3n) is 4.47. The van der Waals surface area contributed by atoms with Crippen molar-refractivity contribution in [1.29, 1.82) is 0 Å². The van der Waals surface area contributed by atoms with Gasteiger partial charge in [-0.2, -0.15) is 0 Å². The molecular formula is C20H17F2N3O4S. The summed E-state index contributed by atoms with van der Waals surface area (Å²) in [6.45, 7) is -0.384. The number of thiocarbonyl (C=S) groups is 1. The van der Waals surface area contributed by atoms with E-state index in [4.69, 9.17) is 12.2 Å². The molecule has 1 N–H and O–H groups in total. The first-order valence-corrected chi connectivity index (χ1v) is 9.23. The number of anilines is 2. The van der Waals surface area contributed by atoms with Gasteiger partial charge in [-0.25, -0.2) is 13.7 Å². The van der Waals surface area contributed by atoms with Crippen LogP contribution in [0.4, 0.5) is 20.2 Å². The maximum Gasteiger partial charge on any atom is 0.325 e. The molecule has 156 valence electrons. The number of esters is 1. The molecule has 10 heteroatoms. The summed E-state index contributed by atoms with van der Waals surface area (Å²) >= 11 is 5.34. The van der Waals surface area contributed by atoms with Gasteiger partial charge < -0.3 is 15.0 Å². The quantitative estimate of drug-likeness (QED) is 0.441. The van der Waals surface area contributed by atoms with E-state index in [-0.39, 0.29) is 23.8 Å². The van der Waals surface area contributed by atoms with Gasteiger partial charge in [-0.3, -0.25) is 14.4 Å². The summed E-state index contributed by atoms with van der Waals surface area (Å²) in [7, 11) is 1.18. The summed E-state index contributed by atoms with van der Waals surface area (Å²) < 4.78 is 31.0. The standard InChI is InChI=1S/C20H17F2N3O4S/c1-29-18(27)11-24(20(30)23-14-6-2-12(21)3-7-14)16-10-17(26)25(19(16)28)15-8-4-13(22)5-9-15/h2-9,16H,10-11H2,1H3,(H,23,30). The van der Waals surface area contributed by atoms with Crippen LogP contribution in [-0.2, 0) is 19.1 Å². The van der Waals surface area contributed by atoms with Crippen molar-refractivity contribution in [2.24, 2.45) is 0 Å². The average molecular weight is 433 g/mol. The van der Waals surface area contributed by atoms with Gasteiger partial charge in [0.15, 0.2) is 5.11 Å². The molecule has 2 aromatic rings. The van der Waals surface area contributed by atoms with Crippen LogP contribution >= 0.6 is 12.2 Å². The number of halogens is 2. The van der Waals surface area contributed by atoms with Crippen LogP contribution < -0.4 is 10.2 Å². The zero-order valence-electron chi connectivity index (χ0n) is 15.8. The van der Waals surface area contributed by atoms with Crippen LogP contribution in [0.15, 0.2) is 48.5 Å². The molecule has 1 atom stereocenters. The number of carbonyl (C=O) groups excluding carboxylic acids is 3. The highest BCUT2D eigenvalue weighted by Gasteiger charge is 2.44. The first-order chi connectivity index (χ1) is 14.3. The van der Waals surface area contributed by atoms with E-state index in [0.29, 0.717) is 5.69 Å². The van der Waals surface area contributed by atoms with Gasteiger partial charge in [0.2, 0.25) is 5.91 Å². The number of methoxy groups -OCH3 is 1. The second-order valence-corrected chi connectivity index (χ2v) is 6.79. The monoisotopic (exact) mass is 433 g/mol. The molecule has 1 fully saturated rings. The lowest BCUT2D eigenvalue weighted by Crippen LogP contribution is -2.49. The van der Waals surface area contributed by atoms with Gasteiger partial charge in [-0.05, 0) is 60.7 Å². The van der Waals surface area contributed by atoms with Crippen molar-refractivity contribution in [1.82, 2.24) is 4.90 Å². The zero-order chi connectivity index (χ0) is 21.8. The second-order valence-electron chi connectivity index (χ2n) is 6.40. The third-order valence-corrected chi connectivity index (χ3v) is 4.80. The molecule has 2 amide bonds. The van der Waals surface area contributed by atoms with E-state index in [2.05, 4.69) is 10.1 Å². The van der Waals surface area contributed by atoms with Crippen molar-refractivity contribution in [3.63, 3.8) is 0 Å². The Morgan fingerprint density at radius 1 is 1.13 bits per heavy atom. The van der Waals surface area contributed by atoms with Crippen molar-refractivity contribution < 1.29 is 27.9 Å². The van der Waals surface area contributed by atoms with Gasteiger partial charge in [0.25, 0.3) is 5.91 Å². The highest BCUT2D eigenvalue weighted by Crippen LogP contribution is 2.26. The Bertz CT molecular complexity index is 983. The molecule has 0 radical (unpaired) electrons. The number of carbonyl (C=O) groups is 3. The highest BCUT2D eigenvalue weighted by molar-refractivity contribution is 7.80. The molecule has 1 saturated heterocycles. The lowest BCUT2D eigenvalue weighted by Gasteiger charge is -2.29. The molecule has 1 aliphatic heterocycles. The fourth-order valence-electron chi connectivity index (χ4n) is 2.98. The molecule has 0 bridgehead atoms. The number of nitrogens with one attached hydrogen (secondary N) is 1. The third kappa shape index (κ3) is 4.60. The number of ether oxygens (including phenoxy) is 1. The number of amides is 2. The predicted molar refractivity (Wildman–Crippen MR) is 109 cm³/mol. The Kier molecular flexibility index (Phi) is 6.36. The number of hydrogen-bond acceptors (Lipinski definition) is 5. The van der Waals surface area contributed by atoms with Gasteiger partial charge in [0, 0.05) is 5.69 Å². The summed E-state index contributed by atoms with van der Waals surface area (Å²) in [5, 5.41) is 2.81. The predicted octanol–water partition coefficient (Wildman–Crippen LogP) is 2.47. The Balaban J connectivity index is 1.85. The van der Waals surface area contributed by atoms with E-state index >= 15 is 0 Å². The Morgan fingerprint density at radius 3 is 2.27 bits per heavy atom. The van der Waals surface area contributed by atoms with Gasteiger partial charge in [-0.15, -0.1) is 0 Å². The minimum Gasteiger partial charge on any atom is -0.468 e. The van der Waals surface area contributed by atoms with E-state index < -0.39 is 35.5 Å². The van der Waals surface area contributed by atoms with Crippen molar-refractivity contribution in [2.45, 2.75) is 12.5 Å². The van der Waals surface area contributed by atoms with Gasteiger partial charge >= 0.3 is 5.97 Å². The molecule has 0 aromatic heterocycles. The molecule has 0 saturated carbocycles. The first-order valence-electron chi connectivity index (χ1n) is 8.82. The molecule has 1 unspecified atom stereocenters. The van der Waals surface area contributed by atoms with Crippen molar-refractivity contribution >= 4 is 46.5 Å². The summed E-state index contributed by atoms with van der Waals surface area (Å²) in [6, 6.07) is 9.13. The lowest BCUT2D eigenvalue weighted by molar-refractivity contribution is -0.141. The van der Waals surface area contributed by atoms with Gasteiger partial charge in [0.05, 0.1) is 19.2 Å². The number of imide groups is 1. The smallest absolute Gasteiger partial charge is 0.325 e. The summed E-state index contributed by atoms with van der Waals surface area (Å²) in [6.07, 6.45) is -0.238. The average Bonchev–Trinajstić information content (AvgIpc) is 3.02. The van der Waals surface area contributed by atoms with Crippen LogP contribution in [0.3, 0.4) is 0 Å². The van der Waals surface area contributed by atoms with Gasteiger partial charge in [-0.1, -0.05) is 0 Å². The highest BCUT2D eigenvalue weighted by atomic mass is 32.1. The number of nitrogens with zero attached hydrogens (tertiary/aromatic N) is 2. The number of rotatable bonds is 5. The maximum atomic E-state index is 13.2. The largest absolute Gasteiger partial charge is 0.468 e. The molecule has 7 nitrogen and oxygen atoms in total. The normalized spacial score (nSPS) is 15.8. The molecule has 1 aliphatic rings. The van der Waals surface area contributed by atoms with Crippen molar-refractivity contribution in [3.05, 3.63) is 60.2 Å². The lowest BCUT2D eigenvalue weighted by atomic mass is 10.2. The Morgan fingerprint density at radius 2 is 1.70 bits per heavy atom. The Labute approximate surface area is 176 Å². The van der Waals surface area contributed by atoms with Crippen LogP contribution in [0, 0.1) is 11.6 Å². The maximum absolute atomic E-state index is 13.2. The molecule has 1 heterocycles. The fraction of sp³-hybridized carbons (Fsp3) is 0.200. The van der Waals surface area contributed by atoms with Crippen molar-refractivity contribution in [3.8, 4) is 0 Å². The second kappa shape index (κ2) is 8.95. The van der Waals surface area contributed by atoms with Crippen LogP contribution in [0.5, 0.6) is 0 Å². The van der Waals surface area contributed by atoms with Crippen LogP contribution in [-0.4, -0.2) is 47.5 Å². The minimum absolute atomic E-state index is 0.0147. The van der Waals surface area contributed by atoms with E-state index in [9.17, 15) is 23.2 Å². The topological polar surface area (TPSA) is 79.0 Å². The molecule has 0 aliphatic carbocycles. The van der Waals surface area contributed by atoms with E-state index in [1.807, 2.05) is 0 Å². The van der Waals surface area contributed by atoms with Crippen LogP contribution in [0.25, 0.3) is 0 Å². The van der Waals surface area contributed by atoms with E-state index in [1.165, 1.54) is 48.4 Å². The molecule has 0 spiro atoms. The first kappa shape index (κ1) is 21.3. The zero-order valence-corrected chi connectivity index (χ0v) is 16.6. The van der Waals surface area contributed by atoms with Crippen LogP contribution in [0.1, 0.15) is 6.42 Å². The SMILES string of the molecule is COC(=O)CN(C(=S)Nc1ccc(F)cc1)C1CC(=O)N(c2ccc(F)cc2)C1=O. The molecule has 2 aromatic carbocycles. The minimum atomic E-state index is -1.07. The molecular weight excluding hydrogens is 416 g/mol.